The van der Waals surface area contributed by atoms with Crippen molar-refractivity contribution in [3.8, 4) is 12.4 Å². The van der Waals surface area contributed by atoms with Crippen LogP contribution in [0.4, 0.5) is 0 Å². The number of nitrogens with one attached hydrogen (secondary N) is 4. The molecule has 0 amide bonds. The first-order valence-corrected chi connectivity index (χ1v) is 20.7. The van der Waals surface area contributed by atoms with Crippen LogP contribution in [-0.4, -0.2) is 198 Å². The minimum atomic E-state index is 0.264. The van der Waals surface area contributed by atoms with Crippen molar-refractivity contribution in [1.82, 2.24) is 44.5 Å². The van der Waals surface area contributed by atoms with E-state index in [1.54, 1.807) is 35.0 Å². The number of nitrogens with two attached hydrogens (primary N) is 2. The van der Waals surface area contributed by atoms with Gasteiger partial charge in [0, 0.05) is 123 Å². The summed E-state index contributed by atoms with van der Waals surface area (Å²) in [6.07, 6.45) is 12.2. The smallest absolute Gasteiger partial charge is 0.209 e. The van der Waals surface area contributed by atoms with Crippen LogP contribution in [0.2, 0.25) is 0 Å². The normalized spacial score (nSPS) is 13.2. The molecule has 2 aliphatic carbocycles. The van der Waals surface area contributed by atoms with Crippen LogP contribution in [0.25, 0.3) is 0 Å². The van der Waals surface area contributed by atoms with E-state index in [2.05, 4.69) is 34.1 Å². The molecule has 0 atom stereocenters. The topological polar surface area (TPSA) is 246 Å². The van der Waals surface area contributed by atoms with Gasteiger partial charge >= 0.3 is 0 Å². The number of nitrogens with zero attached hydrogens (tertiary/aromatic N) is 13. The monoisotopic (exact) mass is 834 g/mol. The van der Waals surface area contributed by atoms with Crippen LogP contribution < -0.4 is 16.8 Å². The summed E-state index contributed by atoms with van der Waals surface area (Å²) in [4.78, 5) is 26.6. The lowest BCUT2D eigenvalue weighted by Crippen LogP contribution is -2.37. The minimum absolute atomic E-state index is 0.264. The van der Waals surface area contributed by atoms with E-state index in [1.165, 1.54) is 32.1 Å². The van der Waals surface area contributed by atoms with Gasteiger partial charge < -0.3 is 50.7 Å². The maximum absolute atomic E-state index is 8.64. The minimum Gasteiger partial charge on any atom is -0.370 e. The summed E-state index contributed by atoms with van der Waals surface area (Å²) >= 11 is 0. The maximum atomic E-state index is 8.64. The van der Waals surface area contributed by atoms with E-state index in [0.717, 1.165) is 57.9 Å². The summed E-state index contributed by atoms with van der Waals surface area (Å²) in [5.41, 5.74) is 10.7. The van der Waals surface area contributed by atoms with Crippen molar-refractivity contribution in [2.45, 2.75) is 92.5 Å². The molecule has 0 radical (unpaired) electrons. The van der Waals surface area contributed by atoms with Crippen molar-refractivity contribution in [3.05, 3.63) is 0 Å². The summed E-state index contributed by atoms with van der Waals surface area (Å²) in [5, 5.41) is 41.7. The van der Waals surface area contributed by atoms with Gasteiger partial charge in [0.05, 0.1) is 11.9 Å². The molecule has 2 fully saturated rings. The highest BCUT2D eigenvalue weighted by atomic mass is 15.3. The summed E-state index contributed by atoms with van der Waals surface area (Å²) in [7, 11) is 20.6. The molecule has 2 rings (SSSR count). The van der Waals surface area contributed by atoms with Gasteiger partial charge in [0.25, 0.3) is 0 Å². The molecule has 59 heavy (non-hydrogen) atoms. The van der Waals surface area contributed by atoms with Gasteiger partial charge in [-0.15, -0.1) is 4.99 Å². The molecule has 0 heterocycles. The fourth-order valence-electron chi connectivity index (χ4n) is 4.26. The Morgan fingerprint density at radius 1 is 0.593 bits per heavy atom. The summed E-state index contributed by atoms with van der Waals surface area (Å²) in [6.45, 7) is 17.4. The Labute approximate surface area is 360 Å². The van der Waals surface area contributed by atoms with Crippen molar-refractivity contribution in [2.24, 2.45) is 32.4 Å². The second kappa shape index (κ2) is 37.1. The SMILES string of the molecule is CCN(C)C(=N)C1CC1.CCN(C)C(=N)N(C)C.CCN(C)C(=N)N(C)C.CCN(C)C(=NC1CCCCC1)NC#N.CCN(C)C(N)=NC.CCN(C)C(N)=NC#N. The Kier molecular flexibility index (Phi) is 38.0. The number of amidine groups is 1. The van der Waals surface area contributed by atoms with Gasteiger partial charge in [-0.2, -0.15) is 10.5 Å². The first-order chi connectivity index (χ1) is 27.6. The van der Waals surface area contributed by atoms with Crippen LogP contribution in [0.15, 0.2) is 15.0 Å². The molecule has 2 aliphatic rings. The van der Waals surface area contributed by atoms with E-state index in [1.807, 2.05) is 122 Å². The van der Waals surface area contributed by atoms with Crippen molar-refractivity contribution in [1.29, 1.82) is 26.8 Å². The standard InChI is InChI=1S/C11H20N4.C7H14N2.2C6H15N3.C5H10N4.C5H13N3/c1-3-15(2)11(13-9-12)14-10-7-5-4-6-8-10;1-3-9(2)7(8)6-4-5-6;2*1-5-9(4)6(7)8(2)3;1-3-9(2)5(7)8-4-6;1-4-8(3)5(6)7-2/h10H,3-8H2,1-2H3,(H,13,14);6,8H,3-5H2,1-2H3;2*7H,5H2,1-4H3;3H2,1-2H3,(H2,7,8);4H2,1-3H3,(H2,6,7). The van der Waals surface area contributed by atoms with Crippen LogP contribution in [0.1, 0.15) is 86.5 Å². The molecule has 0 aromatic rings. The molecule has 2 saturated carbocycles. The van der Waals surface area contributed by atoms with Gasteiger partial charge in [-0.3, -0.25) is 26.5 Å². The zero-order valence-corrected chi connectivity index (χ0v) is 40.3. The Bertz CT molecular complexity index is 1230. The lowest BCUT2D eigenvalue weighted by atomic mass is 9.96. The van der Waals surface area contributed by atoms with Gasteiger partial charge in [0.1, 0.15) is 0 Å². The van der Waals surface area contributed by atoms with Crippen LogP contribution in [0.3, 0.4) is 0 Å². The van der Waals surface area contributed by atoms with E-state index in [9.17, 15) is 0 Å². The predicted molar refractivity (Wildman–Crippen MR) is 251 cm³/mol. The van der Waals surface area contributed by atoms with E-state index < -0.39 is 0 Å². The zero-order chi connectivity index (χ0) is 46.7. The molecule has 19 nitrogen and oxygen atoms in total. The molecule has 19 heteroatoms. The molecule has 0 saturated heterocycles. The second-order valence-electron chi connectivity index (χ2n) is 14.3. The third kappa shape index (κ3) is 31.5. The third-order valence-corrected chi connectivity index (χ3v) is 9.38. The van der Waals surface area contributed by atoms with E-state index >= 15 is 0 Å². The molecular formula is C40H87N19. The summed E-state index contributed by atoms with van der Waals surface area (Å²) in [6, 6.07) is 0.406. The lowest BCUT2D eigenvalue weighted by Gasteiger charge is -2.23. The van der Waals surface area contributed by atoms with E-state index in [0.29, 0.717) is 35.8 Å². The Morgan fingerprint density at radius 2 is 0.983 bits per heavy atom. The third-order valence-electron chi connectivity index (χ3n) is 9.38. The molecule has 0 aromatic carbocycles. The quantitative estimate of drug-likeness (QED) is 0.0889. The highest BCUT2D eigenvalue weighted by Gasteiger charge is 2.28. The summed E-state index contributed by atoms with van der Waals surface area (Å²) < 4.78 is 0. The highest BCUT2D eigenvalue weighted by molar-refractivity contribution is 5.83. The van der Waals surface area contributed by atoms with Gasteiger partial charge in [0.2, 0.25) is 18.1 Å². The van der Waals surface area contributed by atoms with Crippen LogP contribution >= 0.6 is 0 Å². The average molecular weight is 834 g/mol. The molecule has 0 bridgehead atoms. The van der Waals surface area contributed by atoms with Crippen LogP contribution in [0.5, 0.6) is 0 Å². The fourth-order valence-corrected chi connectivity index (χ4v) is 4.26. The number of rotatable bonds is 8. The number of hydrogen-bond acceptors (Lipinski definition) is 8. The zero-order valence-electron chi connectivity index (χ0n) is 40.3. The largest absolute Gasteiger partial charge is 0.370 e. The molecule has 0 aliphatic heterocycles. The average Bonchev–Trinajstić information content (AvgIpc) is 4.11. The predicted octanol–water partition coefficient (Wildman–Crippen LogP) is 3.51. The summed E-state index contributed by atoms with van der Waals surface area (Å²) in [5.74, 6) is 4.11. The van der Waals surface area contributed by atoms with Gasteiger partial charge in [-0.1, -0.05) is 19.3 Å². The number of aliphatic imine (C=N–C) groups is 3. The molecule has 342 valence electrons. The first kappa shape index (κ1) is 60.5. The van der Waals surface area contributed by atoms with Crippen molar-refractivity contribution in [2.75, 3.05) is 117 Å². The molecular weight excluding hydrogens is 747 g/mol. The molecule has 0 unspecified atom stereocenters. The lowest BCUT2D eigenvalue weighted by molar-refractivity contribution is 0.431. The number of hydrogen-bond donors (Lipinski definition) is 6. The Balaban J connectivity index is -0.000000313. The van der Waals surface area contributed by atoms with Crippen molar-refractivity contribution < 1.29 is 0 Å². The highest BCUT2D eigenvalue weighted by Crippen LogP contribution is 2.30. The Hall–Kier alpha value is -5.20. The van der Waals surface area contributed by atoms with E-state index in [-0.39, 0.29) is 5.96 Å². The van der Waals surface area contributed by atoms with Crippen molar-refractivity contribution >= 4 is 35.6 Å². The Morgan fingerprint density at radius 3 is 1.25 bits per heavy atom. The maximum Gasteiger partial charge on any atom is 0.209 e. The van der Waals surface area contributed by atoms with Crippen molar-refractivity contribution in [3.63, 3.8) is 0 Å². The van der Waals surface area contributed by atoms with Gasteiger partial charge in [0.15, 0.2) is 24.1 Å². The van der Waals surface area contributed by atoms with E-state index in [4.69, 9.17) is 38.2 Å². The van der Waals surface area contributed by atoms with Crippen LogP contribution in [0, 0.1) is 45.1 Å². The second-order valence-corrected chi connectivity index (χ2v) is 14.3. The number of nitriles is 2. The van der Waals surface area contributed by atoms with Gasteiger partial charge in [-0.05, 0) is 67.2 Å². The fraction of sp³-hybridized carbons (Fsp3) is 0.800. The molecule has 8 N–H and O–H groups in total. The number of guanidine groups is 5. The van der Waals surface area contributed by atoms with Crippen LogP contribution in [-0.2, 0) is 0 Å². The first-order valence-electron chi connectivity index (χ1n) is 20.7. The molecule has 0 spiro atoms. The van der Waals surface area contributed by atoms with Gasteiger partial charge in [-0.25, -0.2) is 4.99 Å². The molecule has 0 aromatic heterocycles.